The van der Waals surface area contributed by atoms with Crippen LogP contribution in [-0.4, -0.2) is 55.6 Å². The standard InChI is InChI=1S/C14H16Cl6N2O6/c1-5(23)27-9-3-7(21-11(25)13(15,16)17)8(4-10(9)28-6(2)24)22-12(26)14(18,19)20/h7-10H,3-4H2,1-2H3,(H,21,25)(H,22,26)/t7-,8+,9-,10+. The number of carbonyl (C=O) groups is 4. The Labute approximate surface area is 190 Å². The first-order valence-corrected chi connectivity index (χ1v) is 9.97. The van der Waals surface area contributed by atoms with Gasteiger partial charge in [-0.05, 0) is 0 Å². The summed E-state index contributed by atoms with van der Waals surface area (Å²) in [5.41, 5.74) is 0. The summed E-state index contributed by atoms with van der Waals surface area (Å²) < 4.78 is 5.76. The number of rotatable bonds is 4. The van der Waals surface area contributed by atoms with E-state index in [0.29, 0.717) is 0 Å². The number of ether oxygens (including phenoxy) is 2. The van der Waals surface area contributed by atoms with Gasteiger partial charge in [0.1, 0.15) is 12.2 Å². The molecule has 0 spiro atoms. The minimum atomic E-state index is -2.28. The van der Waals surface area contributed by atoms with Crippen molar-refractivity contribution in [3.63, 3.8) is 0 Å². The van der Waals surface area contributed by atoms with Crippen LogP contribution in [0.15, 0.2) is 0 Å². The van der Waals surface area contributed by atoms with Gasteiger partial charge in [0.25, 0.3) is 19.4 Å². The molecule has 2 amide bonds. The largest absolute Gasteiger partial charge is 0.459 e. The van der Waals surface area contributed by atoms with Crippen molar-refractivity contribution in [1.82, 2.24) is 10.6 Å². The van der Waals surface area contributed by atoms with Crippen molar-refractivity contribution in [2.24, 2.45) is 0 Å². The fourth-order valence-electron chi connectivity index (χ4n) is 2.63. The lowest BCUT2D eigenvalue weighted by Gasteiger charge is -2.41. The van der Waals surface area contributed by atoms with Crippen LogP contribution < -0.4 is 10.6 Å². The van der Waals surface area contributed by atoms with E-state index < -0.39 is 55.6 Å². The zero-order chi connectivity index (χ0) is 21.9. The number of nitrogens with one attached hydrogen (secondary N) is 2. The molecule has 0 aromatic rings. The Hall–Kier alpha value is -0.380. The Kier molecular flexibility index (Phi) is 9.24. The monoisotopic (exact) mass is 518 g/mol. The van der Waals surface area contributed by atoms with E-state index in [0.717, 1.165) is 13.8 Å². The molecule has 8 nitrogen and oxygen atoms in total. The molecule has 0 aliphatic heterocycles. The Balaban J connectivity index is 3.13. The van der Waals surface area contributed by atoms with Crippen LogP contribution in [0.25, 0.3) is 0 Å². The number of esters is 2. The Morgan fingerprint density at radius 3 is 1.21 bits per heavy atom. The minimum Gasteiger partial charge on any atom is -0.459 e. The van der Waals surface area contributed by atoms with Gasteiger partial charge in [-0.2, -0.15) is 0 Å². The first-order chi connectivity index (χ1) is 12.6. The molecule has 0 heterocycles. The van der Waals surface area contributed by atoms with Gasteiger partial charge >= 0.3 is 11.9 Å². The summed E-state index contributed by atoms with van der Waals surface area (Å²) in [7, 11) is 0. The van der Waals surface area contributed by atoms with Gasteiger partial charge in [0, 0.05) is 26.7 Å². The maximum atomic E-state index is 12.1. The highest BCUT2D eigenvalue weighted by Gasteiger charge is 2.45. The third-order valence-corrected chi connectivity index (χ3v) is 4.69. The predicted molar refractivity (Wildman–Crippen MR) is 105 cm³/mol. The van der Waals surface area contributed by atoms with Gasteiger partial charge in [0.05, 0.1) is 12.1 Å². The second kappa shape index (κ2) is 10.1. The Morgan fingerprint density at radius 1 is 0.714 bits per heavy atom. The Bertz CT molecular complexity index is 581. The molecule has 1 rings (SSSR count). The summed E-state index contributed by atoms with van der Waals surface area (Å²) >= 11 is 33.4. The van der Waals surface area contributed by atoms with Crippen LogP contribution in [0.3, 0.4) is 0 Å². The number of halogens is 6. The molecule has 0 aromatic carbocycles. The predicted octanol–water partition coefficient (Wildman–Crippen LogP) is 2.35. The van der Waals surface area contributed by atoms with Crippen LogP contribution in [0.1, 0.15) is 26.7 Å². The van der Waals surface area contributed by atoms with Gasteiger partial charge in [-0.3, -0.25) is 19.2 Å². The maximum absolute atomic E-state index is 12.1. The van der Waals surface area contributed by atoms with Crippen molar-refractivity contribution in [2.75, 3.05) is 0 Å². The number of amides is 2. The van der Waals surface area contributed by atoms with E-state index in [2.05, 4.69) is 10.6 Å². The van der Waals surface area contributed by atoms with Crippen molar-refractivity contribution in [1.29, 1.82) is 0 Å². The lowest BCUT2D eigenvalue weighted by molar-refractivity contribution is -0.171. The van der Waals surface area contributed by atoms with Crippen LogP contribution in [0.2, 0.25) is 0 Å². The third kappa shape index (κ3) is 8.16. The molecule has 28 heavy (non-hydrogen) atoms. The second-order valence-corrected chi connectivity index (χ2v) is 10.5. The lowest BCUT2D eigenvalue weighted by atomic mass is 9.85. The SMILES string of the molecule is CC(=O)O[C@H]1C[C@H](NC(=O)C(Cl)(Cl)Cl)[C@H](NC(=O)C(Cl)(Cl)Cl)C[C@H]1OC(C)=O. The van der Waals surface area contributed by atoms with E-state index in [1.54, 1.807) is 0 Å². The fourth-order valence-corrected chi connectivity index (χ4v) is 2.95. The lowest BCUT2D eigenvalue weighted by Crippen LogP contribution is -2.62. The average Bonchev–Trinajstić information content (AvgIpc) is 2.48. The van der Waals surface area contributed by atoms with Gasteiger partial charge in [-0.25, -0.2) is 0 Å². The number of hydrogen-bond acceptors (Lipinski definition) is 6. The average molecular weight is 521 g/mol. The maximum Gasteiger partial charge on any atom is 0.303 e. The molecule has 1 aliphatic carbocycles. The van der Waals surface area contributed by atoms with E-state index in [9.17, 15) is 19.2 Å². The first kappa shape index (κ1) is 25.7. The van der Waals surface area contributed by atoms with Crippen LogP contribution in [0.4, 0.5) is 0 Å². The molecule has 1 saturated carbocycles. The zero-order valence-electron chi connectivity index (χ0n) is 14.4. The van der Waals surface area contributed by atoms with Gasteiger partial charge < -0.3 is 20.1 Å². The van der Waals surface area contributed by atoms with Crippen molar-refractivity contribution in [3.05, 3.63) is 0 Å². The second-order valence-electron chi connectivity index (χ2n) is 5.92. The van der Waals surface area contributed by atoms with Gasteiger partial charge in [-0.15, -0.1) is 0 Å². The molecule has 160 valence electrons. The summed E-state index contributed by atoms with van der Waals surface area (Å²) in [5.74, 6) is -3.25. The molecule has 0 aromatic heterocycles. The van der Waals surface area contributed by atoms with Crippen LogP contribution in [0, 0.1) is 0 Å². The first-order valence-electron chi connectivity index (χ1n) is 7.71. The molecule has 0 bridgehead atoms. The highest BCUT2D eigenvalue weighted by atomic mass is 35.6. The topological polar surface area (TPSA) is 111 Å². The van der Waals surface area contributed by atoms with E-state index >= 15 is 0 Å². The third-order valence-electron chi connectivity index (χ3n) is 3.66. The summed E-state index contributed by atoms with van der Waals surface area (Å²) in [5, 5.41) is 4.86. The van der Waals surface area contributed by atoms with E-state index in [-0.39, 0.29) is 12.8 Å². The minimum absolute atomic E-state index is 0.0746. The number of alkyl halides is 6. The summed E-state index contributed by atoms with van der Waals surface area (Å²) in [6.45, 7) is 2.33. The fraction of sp³-hybridized carbons (Fsp3) is 0.714. The van der Waals surface area contributed by atoms with Crippen molar-refractivity contribution >= 4 is 93.4 Å². The molecular weight excluding hydrogens is 505 g/mol. The van der Waals surface area contributed by atoms with Crippen LogP contribution >= 0.6 is 69.6 Å². The van der Waals surface area contributed by atoms with E-state index in [1.165, 1.54) is 0 Å². The molecule has 2 N–H and O–H groups in total. The summed E-state index contributed by atoms with van der Waals surface area (Å²) in [6, 6.07) is -1.79. The zero-order valence-corrected chi connectivity index (χ0v) is 19.0. The molecule has 14 heteroatoms. The highest BCUT2D eigenvalue weighted by molar-refractivity contribution is 6.76. The van der Waals surface area contributed by atoms with Crippen molar-refractivity contribution in [2.45, 2.75) is 58.6 Å². The van der Waals surface area contributed by atoms with Gasteiger partial charge in [0.15, 0.2) is 0 Å². The molecule has 4 atom stereocenters. The number of carbonyl (C=O) groups excluding carboxylic acids is 4. The molecule has 0 saturated heterocycles. The number of hydrogen-bond donors (Lipinski definition) is 2. The molecule has 0 radical (unpaired) electrons. The van der Waals surface area contributed by atoms with Gasteiger partial charge in [-0.1, -0.05) is 69.6 Å². The smallest absolute Gasteiger partial charge is 0.303 e. The molecule has 1 fully saturated rings. The van der Waals surface area contributed by atoms with Crippen LogP contribution in [-0.2, 0) is 28.7 Å². The molecular formula is C14H16Cl6N2O6. The van der Waals surface area contributed by atoms with Crippen molar-refractivity contribution in [3.8, 4) is 0 Å². The van der Waals surface area contributed by atoms with E-state index in [1.807, 2.05) is 0 Å². The Morgan fingerprint density at radius 2 is 1.00 bits per heavy atom. The quantitative estimate of drug-likeness (QED) is 0.435. The summed E-state index contributed by atoms with van der Waals surface area (Å²) in [6.07, 6.45) is -2.00. The highest BCUT2D eigenvalue weighted by Crippen LogP contribution is 2.31. The van der Waals surface area contributed by atoms with Crippen LogP contribution in [0.5, 0.6) is 0 Å². The van der Waals surface area contributed by atoms with E-state index in [4.69, 9.17) is 79.1 Å². The molecule has 0 unspecified atom stereocenters. The normalized spacial score (nSPS) is 25.4. The van der Waals surface area contributed by atoms with Gasteiger partial charge in [0.2, 0.25) is 0 Å². The summed E-state index contributed by atoms with van der Waals surface area (Å²) in [4.78, 5) is 46.9. The molecule has 1 aliphatic rings. The van der Waals surface area contributed by atoms with Crippen molar-refractivity contribution < 1.29 is 28.7 Å².